The van der Waals surface area contributed by atoms with Gasteiger partial charge in [0.1, 0.15) is 5.54 Å². The highest BCUT2D eigenvalue weighted by atomic mass is 16.2. The number of urea groups is 1. The molecule has 0 radical (unpaired) electrons. The van der Waals surface area contributed by atoms with Crippen LogP contribution in [0.5, 0.6) is 0 Å². The van der Waals surface area contributed by atoms with Crippen molar-refractivity contribution in [1.29, 1.82) is 0 Å². The molecule has 1 aliphatic heterocycles. The summed E-state index contributed by atoms with van der Waals surface area (Å²) in [5, 5.41) is 2.88. The minimum atomic E-state index is -1.05. The monoisotopic (exact) mass is 413 g/mol. The summed E-state index contributed by atoms with van der Waals surface area (Å²) in [5.41, 5.74) is 4.06. The molecule has 1 aliphatic carbocycles. The van der Waals surface area contributed by atoms with Crippen LogP contribution in [0.25, 0.3) is 5.69 Å². The molecule has 0 bridgehead atoms. The Bertz CT molecular complexity index is 1230. The molecule has 156 valence electrons. The van der Waals surface area contributed by atoms with Crippen LogP contribution in [0.2, 0.25) is 0 Å². The van der Waals surface area contributed by atoms with Gasteiger partial charge >= 0.3 is 6.03 Å². The summed E-state index contributed by atoms with van der Waals surface area (Å²) < 4.78 is 2.01. The number of nitrogens with zero attached hydrogens (tertiary/aromatic N) is 2. The second kappa shape index (κ2) is 6.94. The number of hydrogen-bond acceptors (Lipinski definition) is 3. The third-order valence-electron chi connectivity index (χ3n) is 6.47. The predicted molar refractivity (Wildman–Crippen MR) is 116 cm³/mol. The Kier molecular flexibility index (Phi) is 4.32. The number of ketones is 1. The summed E-state index contributed by atoms with van der Waals surface area (Å²) in [4.78, 5) is 40.3. The average Bonchev–Trinajstić information content (AvgIpc) is 3.37. The van der Waals surface area contributed by atoms with Gasteiger partial charge in [0.15, 0.2) is 5.78 Å². The van der Waals surface area contributed by atoms with Crippen molar-refractivity contribution in [2.24, 2.45) is 0 Å². The van der Waals surface area contributed by atoms with Gasteiger partial charge in [-0.15, -0.1) is 0 Å². The zero-order chi connectivity index (χ0) is 21.8. The maximum Gasteiger partial charge on any atom is 0.325 e. The number of nitrogens with one attached hydrogen (secondary N) is 1. The molecular formula is C25H23N3O3. The average molecular weight is 413 g/mol. The largest absolute Gasteiger partial charge is 0.325 e. The predicted octanol–water partition coefficient (Wildman–Crippen LogP) is 3.67. The van der Waals surface area contributed by atoms with E-state index in [1.165, 1.54) is 0 Å². The maximum atomic E-state index is 13.3. The number of aromatic nitrogens is 1. The highest BCUT2D eigenvalue weighted by Gasteiger charge is 2.55. The lowest BCUT2D eigenvalue weighted by Crippen LogP contribution is -2.42. The van der Waals surface area contributed by atoms with Crippen molar-refractivity contribution in [3.8, 4) is 5.69 Å². The van der Waals surface area contributed by atoms with E-state index in [0.29, 0.717) is 12.0 Å². The molecule has 3 aromatic rings. The first-order valence-electron chi connectivity index (χ1n) is 10.4. The Labute approximate surface area is 180 Å². The van der Waals surface area contributed by atoms with Crippen molar-refractivity contribution in [3.63, 3.8) is 0 Å². The number of hydrogen-bond donors (Lipinski definition) is 1. The van der Waals surface area contributed by atoms with Gasteiger partial charge in [-0.1, -0.05) is 42.5 Å². The molecule has 6 nitrogen and oxygen atoms in total. The Hall–Kier alpha value is -3.67. The zero-order valence-electron chi connectivity index (χ0n) is 17.5. The van der Waals surface area contributed by atoms with Crippen molar-refractivity contribution >= 4 is 17.7 Å². The maximum absolute atomic E-state index is 13.3. The molecule has 2 aromatic carbocycles. The number of benzene rings is 2. The smallest absolute Gasteiger partial charge is 0.319 e. The summed E-state index contributed by atoms with van der Waals surface area (Å²) in [6.07, 6.45) is 1.24. The van der Waals surface area contributed by atoms with Crippen molar-refractivity contribution in [2.45, 2.75) is 32.2 Å². The van der Waals surface area contributed by atoms with Crippen LogP contribution < -0.4 is 5.32 Å². The Morgan fingerprint density at radius 1 is 1.03 bits per heavy atom. The molecule has 5 rings (SSSR count). The summed E-state index contributed by atoms with van der Waals surface area (Å²) in [5.74, 6) is -0.588. The third-order valence-corrected chi connectivity index (χ3v) is 6.47. The fourth-order valence-corrected chi connectivity index (χ4v) is 4.98. The number of para-hydroxylation sites is 1. The van der Waals surface area contributed by atoms with E-state index in [9.17, 15) is 14.4 Å². The van der Waals surface area contributed by atoms with Crippen molar-refractivity contribution in [1.82, 2.24) is 14.8 Å². The Morgan fingerprint density at radius 2 is 1.74 bits per heavy atom. The van der Waals surface area contributed by atoms with Crippen molar-refractivity contribution in [3.05, 3.63) is 88.7 Å². The van der Waals surface area contributed by atoms with E-state index < -0.39 is 11.6 Å². The molecule has 31 heavy (non-hydrogen) atoms. The number of fused-ring (bicyclic) bond motifs is 2. The molecular weight excluding hydrogens is 390 g/mol. The second-order valence-electron chi connectivity index (χ2n) is 8.26. The first-order chi connectivity index (χ1) is 14.9. The van der Waals surface area contributed by atoms with Gasteiger partial charge in [-0.3, -0.25) is 14.5 Å². The molecule has 1 unspecified atom stereocenters. The number of rotatable bonds is 4. The van der Waals surface area contributed by atoms with Crippen LogP contribution in [0, 0.1) is 13.8 Å². The molecule has 6 heteroatoms. The highest BCUT2D eigenvalue weighted by Crippen LogP contribution is 2.41. The van der Waals surface area contributed by atoms with Crippen LogP contribution in [0.15, 0.2) is 60.7 Å². The van der Waals surface area contributed by atoms with E-state index in [1.54, 1.807) is 0 Å². The van der Waals surface area contributed by atoms with Crippen molar-refractivity contribution < 1.29 is 14.4 Å². The fraction of sp³-hybridized carbons (Fsp3) is 0.240. The van der Waals surface area contributed by atoms with Crippen LogP contribution in [-0.2, 0) is 16.8 Å². The van der Waals surface area contributed by atoms with Gasteiger partial charge in [-0.25, -0.2) is 4.79 Å². The lowest BCUT2D eigenvalue weighted by molar-refractivity contribution is -0.131. The van der Waals surface area contributed by atoms with E-state index in [2.05, 4.69) is 5.32 Å². The van der Waals surface area contributed by atoms with Gasteiger partial charge in [0.25, 0.3) is 5.91 Å². The molecule has 3 amide bonds. The lowest BCUT2D eigenvalue weighted by atomic mass is 9.92. The molecule has 1 N–H and O–H groups in total. The second-order valence-corrected chi connectivity index (χ2v) is 8.26. The summed E-state index contributed by atoms with van der Waals surface area (Å²) in [6.45, 7) is 3.55. The SMILES string of the molecule is Cc1cc(C(=O)CN2C(=O)NC3(CCc4ccccc43)C2=O)c(C)n1-c1ccccc1. The van der Waals surface area contributed by atoms with Crippen LogP contribution in [-0.4, -0.2) is 33.7 Å². The molecule has 1 atom stereocenters. The van der Waals surface area contributed by atoms with E-state index in [1.807, 2.05) is 79.1 Å². The van der Waals surface area contributed by atoms with E-state index in [4.69, 9.17) is 0 Å². The molecule has 1 saturated heterocycles. The number of amides is 3. The Balaban J connectivity index is 1.43. The number of imide groups is 1. The topological polar surface area (TPSA) is 71.4 Å². The molecule has 1 fully saturated rings. The molecule has 0 saturated carbocycles. The quantitative estimate of drug-likeness (QED) is 0.524. The molecule has 2 heterocycles. The van der Waals surface area contributed by atoms with Gasteiger partial charge in [0.2, 0.25) is 0 Å². The van der Waals surface area contributed by atoms with Crippen LogP contribution in [0.3, 0.4) is 0 Å². The number of Topliss-reactive ketones (excluding diaryl/α,β-unsaturated/α-hetero) is 1. The van der Waals surface area contributed by atoms with Crippen LogP contribution >= 0.6 is 0 Å². The lowest BCUT2D eigenvalue weighted by Gasteiger charge is -2.22. The van der Waals surface area contributed by atoms with Crippen molar-refractivity contribution in [2.75, 3.05) is 6.54 Å². The van der Waals surface area contributed by atoms with Gasteiger partial charge < -0.3 is 9.88 Å². The number of carbonyl (C=O) groups excluding carboxylic acids is 3. The first-order valence-corrected chi connectivity index (χ1v) is 10.4. The van der Waals surface area contributed by atoms with Crippen LogP contribution in [0.4, 0.5) is 4.79 Å². The van der Waals surface area contributed by atoms with E-state index >= 15 is 0 Å². The molecule has 1 aromatic heterocycles. The molecule has 1 spiro atoms. The Morgan fingerprint density at radius 3 is 2.52 bits per heavy atom. The van der Waals surface area contributed by atoms with Gasteiger partial charge in [-0.05, 0) is 56.0 Å². The highest BCUT2D eigenvalue weighted by molar-refractivity contribution is 6.12. The van der Waals surface area contributed by atoms with E-state index in [-0.39, 0.29) is 18.2 Å². The van der Waals surface area contributed by atoms with Crippen LogP contribution in [0.1, 0.15) is 39.3 Å². The number of aryl methyl sites for hydroxylation is 2. The summed E-state index contributed by atoms with van der Waals surface area (Å²) in [7, 11) is 0. The van der Waals surface area contributed by atoms with Gasteiger partial charge in [-0.2, -0.15) is 0 Å². The minimum absolute atomic E-state index is 0.248. The first kappa shape index (κ1) is 19.3. The normalized spacial score (nSPS) is 19.7. The van der Waals surface area contributed by atoms with E-state index in [0.717, 1.165) is 39.5 Å². The summed E-state index contributed by atoms with van der Waals surface area (Å²) >= 11 is 0. The van der Waals surface area contributed by atoms with Gasteiger partial charge in [0, 0.05) is 22.6 Å². The zero-order valence-corrected chi connectivity index (χ0v) is 17.5. The number of carbonyl (C=O) groups is 3. The fourth-order valence-electron chi connectivity index (χ4n) is 4.98. The van der Waals surface area contributed by atoms with Gasteiger partial charge in [0.05, 0.1) is 6.54 Å². The third kappa shape index (κ3) is 2.82. The summed E-state index contributed by atoms with van der Waals surface area (Å²) in [6, 6.07) is 18.8. The standard InChI is InChI=1S/C25H23N3O3/c1-16-14-20(17(2)28(16)19-9-4-3-5-10-19)22(29)15-27-23(30)25(26-24(27)31)13-12-18-8-6-7-11-21(18)25/h3-11,14H,12-13,15H2,1-2H3,(H,26,31). The minimum Gasteiger partial charge on any atom is -0.319 e. The molecule has 2 aliphatic rings.